The lowest BCUT2D eigenvalue weighted by molar-refractivity contribution is 0.129. The van der Waals surface area contributed by atoms with Crippen molar-refractivity contribution in [2.24, 2.45) is 5.16 Å². The minimum Gasteiger partial charge on any atom is -0.490 e. The van der Waals surface area contributed by atoms with Crippen molar-refractivity contribution in [3.63, 3.8) is 0 Å². The van der Waals surface area contributed by atoms with E-state index in [-0.39, 0.29) is 12.5 Å². The molecule has 0 saturated carbocycles. The normalized spacial score (nSPS) is 13.0. The summed E-state index contributed by atoms with van der Waals surface area (Å²) in [7, 11) is 1.47. The molecule has 1 atom stereocenters. The minimum atomic E-state index is -1.49. The van der Waals surface area contributed by atoms with E-state index in [4.69, 9.17) is 18.4 Å². The fourth-order valence-electron chi connectivity index (χ4n) is 2.19. The van der Waals surface area contributed by atoms with Crippen molar-refractivity contribution in [3.05, 3.63) is 35.4 Å². The van der Waals surface area contributed by atoms with Gasteiger partial charge in [0, 0.05) is 0 Å². The Morgan fingerprint density at radius 1 is 1.22 bits per heavy atom. The smallest absolute Gasteiger partial charge is 0.204 e. The first-order valence-electron chi connectivity index (χ1n) is 8.62. The third kappa shape index (κ3) is 9.55. The molecular formula is C19H29NO6S. The summed E-state index contributed by atoms with van der Waals surface area (Å²) in [6.45, 7) is 8.63. The zero-order chi connectivity index (χ0) is 20.1. The second-order valence-corrected chi connectivity index (χ2v) is 6.97. The van der Waals surface area contributed by atoms with E-state index in [9.17, 15) is 4.21 Å². The topological polar surface area (TPSA) is 75.6 Å². The Morgan fingerprint density at radius 3 is 2.56 bits per heavy atom. The molecule has 0 heterocycles. The van der Waals surface area contributed by atoms with E-state index in [1.54, 1.807) is 6.92 Å². The van der Waals surface area contributed by atoms with Crippen molar-refractivity contribution in [2.45, 2.75) is 27.7 Å². The molecule has 152 valence electrons. The Labute approximate surface area is 163 Å². The first-order valence-corrected chi connectivity index (χ1v) is 9.86. The molecule has 27 heavy (non-hydrogen) atoms. The molecule has 1 aromatic carbocycles. The molecule has 0 aliphatic heterocycles. The highest BCUT2D eigenvalue weighted by atomic mass is 32.2. The Balaban J connectivity index is 2.36. The average molecular weight is 400 g/mol. The highest BCUT2D eigenvalue weighted by Crippen LogP contribution is 2.28. The molecule has 0 bridgehead atoms. The van der Waals surface area contributed by atoms with Gasteiger partial charge in [0.25, 0.3) is 0 Å². The second kappa shape index (κ2) is 13.3. The molecule has 0 aliphatic rings. The van der Waals surface area contributed by atoms with Gasteiger partial charge in [-0.15, -0.1) is 0 Å². The van der Waals surface area contributed by atoms with Gasteiger partial charge in [-0.1, -0.05) is 17.3 Å². The Bertz CT molecular complexity index is 637. The lowest BCUT2D eigenvalue weighted by atomic mass is 10.1. The molecular weight excluding hydrogens is 370 g/mol. The number of hydrogen-bond acceptors (Lipinski definition) is 7. The summed E-state index contributed by atoms with van der Waals surface area (Å²) in [5.74, 6) is 1.73. The summed E-state index contributed by atoms with van der Waals surface area (Å²) in [5.41, 5.74) is 2.56. The number of rotatable bonds is 13. The summed E-state index contributed by atoms with van der Waals surface area (Å²) in [4.78, 5) is 4.62. The highest BCUT2D eigenvalue weighted by Gasteiger charge is 2.09. The monoisotopic (exact) mass is 399 g/mol. The van der Waals surface area contributed by atoms with Crippen LogP contribution < -0.4 is 9.47 Å². The van der Waals surface area contributed by atoms with Gasteiger partial charge in [0.15, 0.2) is 11.1 Å². The predicted molar refractivity (Wildman–Crippen MR) is 107 cm³/mol. The fourth-order valence-corrected chi connectivity index (χ4v) is 2.71. The minimum absolute atomic E-state index is 0.1000. The molecule has 7 nitrogen and oxygen atoms in total. The summed E-state index contributed by atoms with van der Waals surface area (Å²) < 4.78 is 33.6. The molecule has 0 spiro atoms. The van der Waals surface area contributed by atoms with E-state index in [1.807, 2.05) is 45.1 Å². The SMILES string of the molecule is C/C=C/COc1cc(C)c(OCOS(=O)CCOC/C(C)=N/OC)c(C)c1. The first kappa shape index (κ1) is 23.1. The zero-order valence-corrected chi connectivity index (χ0v) is 17.5. The van der Waals surface area contributed by atoms with Gasteiger partial charge in [0.05, 0.1) is 24.7 Å². The third-order valence-corrected chi connectivity index (χ3v) is 4.21. The molecule has 0 N–H and O–H groups in total. The highest BCUT2D eigenvalue weighted by molar-refractivity contribution is 7.80. The molecule has 0 radical (unpaired) electrons. The van der Waals surface area contributed by atoms with E-state index < -0.39 is 11.1 Å². The number of aryl methyl sites for hydroxylation is 2. The Kier molecular flexibility index (Phi) is 11.4. The number of oxime groups is 1. The molecule has 0 saturated heterocycles. The van der Waals surface area contributed by atoms with Gasteiger partial charge < -0.3 is 19.0 Å². The third-order valence-electron chi connectivity index (χ3n) is 3.35. The summed E-state index contributed by atoms with van der Waals surface area (Å²) in [6.07, 6.45) is 3.88. The van der Waals surface area contributed by atoms with Gasteiger partial charge in [-0.25, -0.2) is 4.21 Å². The molecule has 1 aromatic rings. The van der Waals surface area contributed by atoms with Crippen LogP contribution in [0.25, 0.3) is 0 Å². The van der Waals surface area contributed by atoms with Crippen LogP contribution >= 0.6 is 0 Å². The molecule has 8 heteroatoms. The van der Waals surface area contributed by atoms with Crippen molar-refractivity contribution in [1.29, 1.82) is 0 Å². The van der Waals surface area contributed by atoms with Crippen LogP contribution in [0.5, 0.6) is 11.5 Å². The van der Waals surface area contributed by atoms with E-state index in [0.29, 0.717) is 31.3 Å². The van der Waals surface area contributed by atoms with Crippen LogP contribution in [0.15, 0.2) is 29.4 Å². The second-order valence-electron chi connectivity index (χ2n) is 5.72. The van der Waals surface area contributed by atoms with Crippen LogP contribution in [-0.2, 0) is 24.8 Å². The summed E-state index contributed by atoms with van der Waals surface area (Å²) in [5, 5.41) is 3.72. The number of benzene rings is 1. The van der Waals surface area contributed by atoms with E-state index in [1.165, 1.54) is 7.11 Å². The predicted octanol–water partition coefficient (Wildman–Crippen LogP) is 3.31. The van der Waals surface area contributed by atoms with Crippen molar-refractivity contribution in [3.8, 4) is 11.5 Å². The Morgan fingerprint density at radius 2 is 1.93 bits per heavy atom. The molecule has 0 aliphatic carbocycles. The maximum absolute atomic E-state index is 11.8. The number of allylic oxidation sites excluding steroid dienone is 1. The number of ether oxygens (including phenoxy) is 3. The molecule has 1 rings (SSSR count). The fraction of sp³-hybridized carbons (Fsp3) is 0.526. The van der Waals surface area contributed by atoms with Crippen molar-refractivity contribution < 1.29 is 27.4 Å². The standard InChI is InChI=1S/C19H29NO6S/c1-6-7-8-24-18-11-15(2)19(16(3)12-18)25-14-26-27(21)10-9-23-13-17(4)20-22-5/h6-7,11-12H,8-10,13-14H2,1-5H3/b7-6+,20-17+. The molecule has 1 unspecified atom stereocenters. The maximum atomic E-state index is 11.8. The van der Waals surface area contributed by atoms with Crippen LogP contribution in [0.2, 0.25) is 0 Å². The van der Waals surface area contributed by atoms with E-state index in [2.05, 4.69) is 9.99 Å². The van der Waals surface area contributed by atoms with Crippen LogP contribution in [0.3, 0.4) is 0 Å². The van der Waals surface area contributed by atoms with E-state index in [0.717, 1.165) is 16.9 Å². The lowest BCUT2D eigenvalue weighted by Crippen LogP contribution is -2.15. The largest absolute Gasteiger partial charge is 0.490 e. The molecule has 0 amide bonds. The average Bonchev–Trinajstić information content (AvgIpc) is 2.61. The maximum Gasteiger partial charge on any atom is 0.204 e. The summed E-state index contributed by atoms with van der Waals surface area (Å²) >= 11 is -1.49. The number of nitrogens with zero attached hydrogens (tertiary/aromatic N) is 1. The van der Waals surface area contributed by atoms with Gasteiger partial charge >= 0.3 is 0 Å². The Hall–Kier alpha value is -1.90. The van der Waals surface area contributed by atoms with Gasteiger partial charge in [-0.05, 0) is 51.0 Å². The van der Waals surface area contributed by atoms with Crippen molar-refractivity contribution in [1.82, 2.24) is 0 Å². The van der Waals surface area contributed by atoms with Gasteiger partial charge in [-0.3, -0.25) is 4.18 Å². The first-order chi connectivity index (χ1) is 13.0. The van der Waals surface area contributed by atoms with Gasteiger partial charge in [0.2, 0.25) is 6.79 Å². The van der Waals surface area contributed by atoms with Crippen molar-refractivity contribution in [2.75, 3.05) is 39.5 Å². The molecule has 0 fully saturated rings. The summed E-state index contributed by atoms with van der Waals surface area (Å²) in [6, 6.07) is 3.81. The van der Waals surface area contributed by atoms with Crippen LogP contribution in [0, 0.1) is 13.8 Å². The zero-order valence-electron chi connectivity index (χ0n) is 16.6. The van der Waals surface area contributed by atoms with Gasteiger partial charge in [-0.2, -0.15) is 0 Å². The lowest BCUT2D eigenvalue weighted by Gasteiger charge is -2.14. The quantitative estimate of drug-likeness (QED) is 0.167. The van der Waals surface area contributed by atoms with E-state index >= 15 is 0 Å². The van der Waals surface area contributed by atoms with Gasteiger partial charge in [0.1, 0.15) is 25.2 Å². The number of hydrogen-bond donors (Lipinski definition) is 0. The van der Waals surface area contributed by atoms with Crippen LogP contribution in [0.4, 0.5) is 0 Å². The van der Waals surface area contributed by atoms with Crippen LogP contribution in [-0.4, -0.2) is 49.4 Å². The van der Waals surface area contributed by atoms with Crippen molar-refractivity contribution >= 4 is 16.8 Å². The van der Waals surface area contributed by atoms with Crippen LogP contribution in [0.1, 0.15) is 25.0 Å². The molecule has 0 aromatic heterocycles.